The van der Waals surface area contributed by atoms with Crippen LogP contribution in [0.2, 0.25) is 0 Å². The number of allylic oxidation sites excluding steroid dienone is 1. The number of carboxylic acid groups (broad SMARTS) is 1. The molecule has 2 aromatic heterocycles. The molecule has 0 radical (unpaired) electrons. The largest absolute Gasteiger partial charge is 0.480 e. The van der Waals surface area contributed by atoms with E-state index in [1.165, 1.54) is 11.8 Å². The van der Waals surface area contributed by atoms with Gasteiger partial charge in [-0.1, -0.05) is 25.6 Å². The van der Waals surface area contributed by atoms with Crippen molar-refractivity contribution < 1.29 is 18.7 Å². The van der Waals surface area contributed by atoms with Crippen molar-refractivity contribution in [3.8, 4) is 0 Å². The van der Waals surface area contributed by atoms with Gasteiger partial charge in [-0.05, 0) is 50.1 Å². The molecule has 2 heterocycles. The first kappa shape index (κ1) is 22.8. The number of benzene rings is 1. The van der Waals surface area contributed by atoms with Crippen LogP contribution < -0.4 is 0 Å². The molecule has 0 aliphatic carbocycles. The Morgan fingerprint density at radius 2 is 1.90 bits per heavy atom. The van der Waals surface area contributed by atoms with Gasteiger partial charge in [-0.25, -0.2) is 0 Å². The van der Waals surface area contributed by atoms with E-state index in [0.29, 0.717) is 31.4 Å². The third-order valence-electron chi connectivity index (χ3n) is 4.73. The van der Waals surface area contributed by atoms with Crippen molar-refractivity contribution in [1.29, 1.82) is 0 Å². The number of carbonyl (C=O) groups is 1. The first-order chi connectivity index (χ1) is 14.8. The van der Waals surface area contributed by atoms with Gasteiger partial charge < -0.3 is 13.9 Å². The van der Waals surface area contributed by atoms with Crippen molar-refractivity contribution >= 4 is 23.3 Å². The number of nitrogens with zero attached hydrogens (tertiary/aromatic N) is 3. The zero-order chi connectivity index (χ0) is 22.4. The van der Waals surface area contributed by atoms with E-state index < -0.39 is 10.7 Å². The molecule has 8 heteroatoms. The minimum Gasteiger partial charge on any atom is -0.480 e. The highest BCUT2D eigenvalue weighted by Crippen LogP contribution is 2.32. The molecule has 164 valence electrons. The van der Waals surface area contributed by atoms with Crippen LogP contribution >= 0.6 is 11.8 Å². The van der Waals surface area contributed by atoms with Gasteiger partial charge in [0, 0.05) is 17.0 Å². The number of carboxylic acids is 1. The Morgan fingerprint density at radius 1 is 1.16 bits per heavy atom. The maximum absolute atomic E-state index is 11.4. The molecule has 0 aliphatic heterocycles. The summed E-state index contributed by atoms with van der Waals surface area (Å²) in [4.78, 5) is 14.4. The topological polar surface area (TPSA) is 92.6 Å². The summed E-state index contributed by atoms with van der Waals surface area (Å²) in [6, 6.07) is 11.7. The number of aromatic nitrogens is 2. The maximum Gasteiger partial charge on any atom is 0.319 e. The highest BCUT2D eigenvalue weighted by molar-refractivity contribution is 8.01. The van der Waals surface area contributed by atoms with E-state index in [9.17, 15) is 9.90 Å². The summed E-state index contributed by atoms with van der Waals surface area (Å²) in [5.74, 6) is 0.994. The van der Waals surface area contributed by atoms with Crippen LogP contribution in [-0.4, -0.2) is 30.9 Å². The van der Waals surface area contributed by atoms with E-state index in [1.54, 1.807) is 20.1 Å². The van der Waals surface area contributed by atoms with Gasteiger partial charge in [-0.2, -0.15) is 0 Å². The quantitative estimate of drug-likeness (QED) is 0.404. The first-order valence-electron chi connectivity index (χ1n) is 10.0. The number of rotatable bonds is 11. The molecule has 0 fully saturated rings. The standard InChI is InChI=1S/C23H27N3O4S/c1-5-16(2)21-25-24-20(30-21)15-26(14-18-7-6-12-29-18)13-17-8-10-19(11-9-17)31-23(3,4)22(27)28/h6-12H,2,5,13-15H2,1,3-4H3,(H,27,28). The summed E-state index contributed by atoms with van der Waals surface area (Å²) in [5.41, 5.74) is 1.90. The Bertz CT molecular complexity index is 1010. The second-order valence-electron chi connectivity index (χ2n) is 7.74. The third-order valence-corrected chi connectivity index (χ3v) is 5.92. The lowest BCUT2D eigenvalue weighted by Gasteiger charge is -2.21. The van der Waals surface area contributed by atoms with Crippen LogP contribution in [0.3, 0.4) is 0 Å². The molecule has 0 saturated heterocycles. The van der Waals surface area contributed by atoms with Crippen LogP contribution in [0.15, 0.2) is 63.0 Å². The molecular formula is C23H27N3O4S. The molecule has 0 bridgehead atoms. The van der Waals surface area contributed by atoms with Crippen LogP contribution in [0.25, 0.3) is 5.57 Å². The molecule has 1 N–H and O–H groups in total. The number of furan rings is 1. The molecular weight excluding hydrogens is 414 g/mol. The van der Waals surface area contributed by atoms with Gasteiger partial charge in [0.05, 0.1) is 19.4 Å². The van der Waals surface area contributed by atoms with E-state index in [2.05, 4.69) is 21.7 Å². The zero-order valence-corrected chi connectivity index (χ0v) is 18.8. The summed E-state index contributed by atoms with van der Waals surface area (Å²) in [5, 5.41) is 17.6. The van der Waals surface area contributed by atoms with Gasteiger partial charge in [-0.15, -0.1) is 22.0 Å². The molecule has 0 amide bonds. The molecule has 3 rings (SSSR count). The van der Waals surface area contributed by atoms with Crippen molar-refractivity contribution in [1.82, 2.24) is 15.1 Å². The lowest BCUT2D eigenvalue weighted by atomic mass is 10.2. The summed E-state index contributed by atoms with van der Waals surface area (Å²) in [6.07, 6.45) is 2.40. The average Bonchev–Trinajstić information content (AvgIpc) is 3.41. The molecule has 0 aliphatic rings. The predicted octanol–water partition coefficient (Wildman–Crippen LogP) is 5.24. The van der Waals surface area contributed by atoms with Gasteiger partial charge in [-0.3, -0.25) is 9.69 Å². The molecule has 31 heavy (non-hydrogen) atoms. The van der Waals surface area contributed by atoms with Crippen LogP contribution in [0.5, 0.6) is 0 Å². The van der Waals surface area contributed by atoms with Crippen LogP contribution in [-0.2, 0) is 24.4 Å². The Kier molecular flexibility index (Phi) is 7.35. The molecule has 0 atom stereocenters. The first-order valence-corrected chi connectivity index (χ1v) is 10.8. The van der Waals surface area contributed by atoms with Crippen molar-refractivity contribution in [3.05, 3.63) is 72.3 Å². The van der Waals surface area contributed by atoms with Gasteiger partial charge in [0.1, 0.15) is 10.5 Å². The zero-order valence-electron chi connectivity index (χ0n) is 18.0. The molecule has 0 saturated carbocycles. The number of thioether (sulfide) groups is 1. The van der Waals surface area contributed by atoms with E-state index in [0.717, 1.165) is 28.2 Å². The monoisotopic (exact) mass is 441 g/mol. The van der Waals surface area contributed by atoms with E-state index in [-0.39, 0.29) is 0 Å². The van der Waals surface area contributed by atoms with E-state index >= 15 is 0 Å². The fraction of sp³-hybridized carbons (Fsp3) is 0.348. The average molecular weight is 442 g/mol. The number of hydrogen-bond acceptors (Lipinski definition) is 7. The minimum absolute atomic E-state index is 0.466. The summed E-state index contributed by atoms with van der Waals surface area (Å²) in [7, 11) is 0. The Morgan fingerprint density at radius 3 is 2.52 bits per heavy atom. The van der Waals surface area contributed by atoms with Gasteiger partial charge in [0.25, 0.3) is 0 Å². The fourth-order valence-corrected chi connectivity index (χ4v) is 3.80. The molecule has 7 nitrogen and oxygen atoms in total. The predicted molar refractivity (Wildman–Crippen MR) is 119 cm³/mol. The smallest absolute Gasteiger partial charge is 0.319 e. The lowest BCUT2D eigenvalue weighted by molar-refractivity contribution is -0.138. The molecule has 0 spiro atoms. The van der Waals surface area contributed by atoms with Crippen molar-refractivity contribution in [2.24, 2.45) is 0 Å². The second-order valence-corrected chi connectivity index (χ2v) is 9.44. The van der Waals surface area contributed by atoms with Crippen LogP contribution in [0, 0.1) is 0 Å². The highest BCUT2D eigenvalue weighted by Gasteiger charge is 2.28. The molecule has 0 unspecified atom stereocenters. The number of hydrogen-bond donors (Lipinski definition) is 1. The molecule has 1 aromatic carbocycles. The molecule has 3 aromatic rings. The van der Waals surface area contributed by atoms with Gasteiger partial charge in [0.2, 0.25) is 11.8 Å². The van der Waals surface area contributed by atoms with Gasteiger partial charge in [0.15, 0.2) is 0 Å². The second kappa shape index (κ2) is 9.98. The SMILES string of the molecule is C=C(CC)c1nnc(CN(Cc2ccc(SC(C)(C)C(=O)O)cc2)Cc2ccco2)o1. The fourth-order valence-electron chi connectivity index (χ4n) is 2.85. The van der Waals surface area contributed by atoms with Gasteiger partial charge >= 0.3 is 5.97 Å². The van der Waals surface area contributed by atoms with Crippen LogP contribution in [0.1, 0.15) is 50.3 Å². The van der Waals surface area contributed by atoms with Crippen LogP contribution in [0.4, 0.5) is 0 Å². The Hall–Kier alpha value is -2.84. The van der Waals surface area contributed by atoms with E-state index in [1.807, 2.05) is 43.3 Å². The van der Waals surface area contributed by atoms with E-state index in [4.69, 9.17) is 8.83 Å². The summed E-state index contributed by atoms with van der Waals surface area (Å²) in [6.45, 7) is 11.0. The Balaban J connectivity index is 1.71. The maximum atomic E-state index is 11.4. The number of aliphatic carboxylic acids is 1. The summed E-state index contributed by atoms with van der Waals surface area (Å²) < 4.78 is 10.4. The lowest BCUT2D eigenvalue weighted by Crippen LogP contribution is -2.26. The van der Waals surface area contributed by atoms with Crippen molar-refractivity contribution in [3.63, 3.8) is 0 Å². The summed E-state index contributed by atoms with van der Waals surface area (Å²) >= 11 is 1.33. The van der Waals surface area contributed by atoms with Crippen molar-refractivity contribution in [2.45, 2.75) is 56.5 Å². The normalized spacial score (nSPS) is 11.7. The Labute approximate surface area is 186 Å². The highest BCUT2D eigenvalue weighted by atomic mass is 32.2. The minimum atomic E-state index is -0.884. The third kappa shape index (κ3) is 6.32. The van der Waals surface area contributed by atoms with Crippen molar-refractivity contribution in [2.75, 3.05) is 0 Å².